The fourth-order valence-electron chi connectivity index (χ4n) is 4.41. The lowest BCUT2D eigenvalue weighted by Gasteiger charge is -2.32. The van der Waals surface area contributed by atoms with Crippen molar-refractivity contribution in [3.8, 4) is 0 Å². The first-order valence-corrected chi connectivity index (χ1v) is 11.1. The lowest BCUT2D eigenvalue weighted by atomic mass is 10.0. The van der Waals surface area contributed by atoms with Crippen molar-refractivity contribution < 1.29 is 14.4 Å². The van der Waals surface area contributed by atoms with E-state index in [1.807, 2.05) is 32.0 Å². The summed E-state index contributed by atoms with van der Waals surface area (Å²) < 4.78 is 0. The van der Waals surface area contributed by atoms with Gasteiger partial charge in [-0.1, -0.05) is 38.1 Å². The van der Waals surface area contributed by atoms with Gasteiger partial charge in [-0.3, -0.25) is 24.2 Å². The molecule has 2 aromatic carbocycles. The Morgan fingerprint density at radius 1 is 0.938 bits per heavy atom. The summed E-state index contributed by atoms with van der Waals surface area (Å²) >= 11 is 0. The zero-order chi connectivity index (χ0) is 22.8. The third kappa shape index (κ3) is 4.45. The van der Waals surface area contributed by atoms with E-state index in [-0.39, 0.29) is 11.8 Å². The minimum atomic E-state index is -0.885. The van der Waals surface area contributed by atoms with E-state index >= 15 is 0 Å². The maximum atomic E-state index is 13.2. The number of benzene rings is 2. The minimum absolute atomic E-state index is 0.231. The number of rotatable bonds is 6. The summed E-state index contributed by atoms with van der Waals surface area (Å²) in [4.78, 5) is 44.9. The number of nitrogens with zero attached hydrogens (tertiary/aromatic N) is 3. The molecule has 2 heterocycles. The number of piperazine rings is 1. The first-order chi connectivity index (χ1) is 15.3. The topological polar surface area (TPSA) is 73.0 Å². The van der Waals surface area contributed by atoms with E-state index in [2.05, 4.69) is 28.2 Å². The number of hydrogen-bond acceptors (Lipinski definition) is 5. The quantitative estimate of drug-likeness (QED) is 0.708. The standard InChI is InChI=1S/C25H30N4O3/c1-17(2)22(29-24(31)20-9-4-5-10-21(20)25(29)32)23(30)26-19-8-6-7-18(15-19)16-28-13-11-27(3)12-14-28/h4-10,15,17,22H,11-14,16H2,1-3H3,(H,26,30). The van der Waals surface area contributed by atoms with Crippen molar-refractivity contribution in [3.05, 3.63) is 65.2 Å². The summed E-state index contributed by atoms with van der Waals surface area (Å²) in [5.74, 6) is -1.41. The third-order valence-electron chi connectivity index (χ3n) is 6.20. The molecule has 0 bridgehead atoms. The second-order valence-corrected chi connectivity index (χ2v) is 8.98. The van der Waals surface area contributed by atoms with Crippen molar-refractivity contribution in [2.24, 2.45) is 5.92 Å². The van der Waals surface area contributed by atoms with Gasteiger partial charge in [-0.05, 0) is 42.8 Å². The lowest BCUT2D eigenvalue weighted by molar-refractivity contribution is -0.121. The number of amides is 3. The molecule has 7 nitrogen and oxygen atoms in total. The molecule has 7 heteroatoms. The van der Waals surface area contributed by atoms with Crippen molar-refractivity contribution in [1.29, 1.82) is 0 Å². The number of anilines is 1. The van der Waals surface area contributed by atoms with Gasteiger partial charge in [-0.25, -0.2) is 0 Å². The summed E-state index contributed by atoms with van der Waals surface area (Å²) in [5, 5.41) is 2.94. The maximum absolute atomic E-state index is 13.2. The van der Waals surface area contributed by atoms with E-state index in [0.29, 0.717) is 16.8 Å². The zero-order valence-corrected chi connectivity index (χ0v) is 18.9. The molecule has 3 amide bonds. The van der Waals surface area contributed by atoms with Crippen LogP contribution in [0.25, 0.3) is 0 Å². The minimum Gasteiger partial charge on any atom is -0.324 e. The van der Waals surface area contributed by atoms with Gasteiger partial charge >= 0.3 is 0 Å². The predicted molar refractivity (Wildman–Crippen MR) is 123 cm³/mol. The number of imide groups is 1. The molecule has 1 N–H and O–H groups in total. The van der Waals surface area contributed by atoms with E-state index in [1.54, 1.807) is 24.3 Å². The summed E-state index contributed by atoms with van der Waals surface area (Å²) in [7, 11) is 2.13. The summed E-state index contributed by atoms with van der Waals surface area (Å²) in [6.07, 6.45) is 0. The van der Waals surface area contributed by atoms with Crippen LogP contribution in [-0.2, 0) is 11.3 Å². The largest absolute Gasteiger partial charge is 0.324 e. The molecule has 1 saturated heterocycles. The van der Waals surface area contributed by atoms with Gasteiger partial charge in [0.05, 0.1) is 11.1 Å². The number of nitrogens with one attached hydrogen (secondary N) is 1. The monoisotopic (exact) mass is 434 g/mol. The number of carbonyl (C=O) groups is 3. The Bertz CT molecular complexity index is 992. The SMILES string of the molecule is CC(C)C(C(=O)Nc1cccc(CN2CCN(C)CC2)c1)N1C(=O)c2ccccc2C1=O. The second-order valence-electron chi connectivity index (χ2n) is 8.98. The van der Waals surface area contributed by atoms with Crippen molar-refractivity contribution in [2.75, 3.05) is 38.5 Å². The number of fused-ring (bicyclic) bond motifs is 1. The molecule has 0 aliphatic carbocycles. The van der Waals surface area contributed by atoms with Gasteiger partial charge in [-0.2, -0.15) is 0 Å². The van der Waals surface area contributed by atoms with Gasteiger partial charge < -0.3 is 10.2 Å². The molecule has 1 unspecified atom stereocenters. The molecule has 1 atom stereocenters. The molecule has 168 valence electrons. The van der Waals surface area contributed by atoms with Crippen LogP contribution >= 0.6 is 0 Å². The zero-order valence-electron chi connectivity index (χ0n) is 18.9. The summed E-state index contributed by atoms with van der Waals surface area (Å²) in [6.45, 7) is 8.64. The Morgan fingerprint density at radius 3 is 2.16 bits per heavy atom. The molecule has 2 aliphatic heterocycles. The van der Waals surface area contributed by atoms with Gasteiger partial charge in [0.25, 0.3) is 11.8 Å². The molecule has 0 saturated carbocycles. The summed E-state index contributed by atoms with van der Waals surface area (Å²) in [6, 6.07) is 13.6. The van der Waals surface area contributed by atoms with E-state index in [9.17, 15) is 14.4 Å². The first-order valence-electron chi connectivity index (χ1n) is 11.1. The van der Waals surface area contributed by atoms with Crippen molar-refractivity contribution in [1.82, 2.24) is 14.7 Å². The van der Waals surface area contributed by atoms with E-state index in [1.165, 1.54) is 0 Å². The molecule has 1 fully saturated rings. The molecule has 32 heavy (non-hydrogen) atoms. The Morgan fingerprint density at radius 2 is 1.56 bits per heavy atom. The van der Waals surface area contributed by atoms with Crippen LogP contribution in [0, 0.1) is 5.92 Å². The molecule has 2 aliphatic rings. The molecule has 2 aromatic rings. The fourth-order valence-corrected chi connectivity index (χ4v) is 4.41. The van der Waals surface area contributed by atoms with Crippen LogP contribution in [-0.4, -0.2) is 71.7 Å². The lowest BCUT2D eigenvalue weighted by Crippen LogP contribution is -2.50. The van der Waals surface area contributed by atoms with Crippen molar-refractivity contribution in [3.63, 3.8) is 0 Å². The van der Waals surface area contributed by atoms with E-state index in [0.717, 1.165) is 43.2 Å². The van der Waals surface area contributed by atoms with Gasteiger partial charge in [0.1, 0.15) is 6.04 Å². The molecular weight excluding hydrogens is 404 g/mol. The normalized spacial score (nSPS) is 18.2. The first kappa shape index (κ1) is 22.2. The smallest absolute Gasteiger partial charge is 0.262 e. The third-order valence-corrected chi connectivity index (χ3v) is 6.20. The van der Waals surface area contributed by atoms with Crippen LogP contribution in [0.3, 0.4) is 0 Å². The Hall–Kier alpha value is -3.03. The molecule has 4 rings (SSSR count). The highest BCUT2D eigenvalue weighted by molar-refractivity contribution is 6.23. The Balaban J connectivity index is 1.48. The molecule has 0 spiro atoms. The van der Waals surface area contributed by atoms with Gasteiger partial charge in [-0.15, -0.1) is 0 Å². The van der Waals surface area contributed by atoms with E-state index in [4.69, 9.17) is 0 Å². The summed E-state index contributed by atoms with van der Waals surface area (Å²) in [5.41, 5.74) is 2.49. The van der Waals surface area contributed by atoms with Crippen LogP contribution in [0.1, 0.15) is 40.1 Å². The van der Waals surface area contributed by atoms with Crippen LogP contribution < -0.4 is 5.32 Å². The predicted octanol–water partition coefficient (Wildman–Crippen LogP) is 2.69. The number of carbonyl (C=O) groups excluding carboxylic acids is 3. The molecule has 0 aromatic heterocycles. The highest BCUT2D eigenvalue weighted by Crippen LogP contribution is 2.28. The van der Waals surface area contributed by atoms with Crippen LogP contribution in [0.2, 0.25) is 0 Å². The fraction of sp³-hybridized carbons (Fsp3) is 0.400. The van der Waals surface area contributed by atoms with Gasteiger partial charge in [0, 0.05) is 38.4 Å². The number of likely N-dealkylation sites (N-methyl/N-ethyl adjacent to an activating group) is 1. The van der Waals surface area contributed by atoms with E-state index < -0.39 is 17.9 Å². The van der Waals surface area contributed by atoms with Crippen LogP contribution in [0.5, 0.6) is 0 Å². The Labute approximate surface area is 189 Å². The average Bonchev–Trinajstić information content (AvgIpc) is 3.01. The maximum Gasteiger partial charge on any atom is 0.262 e. The van der Waals surface area contributed by atoms with Crippen LogP contribution in [0.15, 0.2) is 48.5 Å². The average molecular weight is 435 g/mol. The highest BCUT2D eigenvalue weighted by Gasteiger charge is 2.43. The van der Waals surface area contributed by atoms with Crippen molar-refractivity contribution >= 4 is 23.4 Å². The van der Waals surface area contributed by atoms with Crippen LogP contribution in [0.4, 0.5) is 5.69 Å². The second kappa shape index (κ2) is 9.22. The van der Waals surface area contributed by atoms with Gasteiger partial charge in [0.2, 0.25) is 5.91 Å². The molecule has 0 radical (unpaired) electrons. The highest BCUT2D eigenvalue weighted by atomic mass is 16.2. The van der Waals surface area contributed by atoms with Gasteiger partial charge in [0.15, 0.2) is 0 Å². The Kier molecular flexibility index (Phi) is 6.39. The molecular formula is C25H30N4O3. The van der Waals surface area contributed by atoms with Crippen molar-refractivity contribution in [2.45, 2.75) is 26.4 Å². The number of hydrogen-bond donors (Lipinski definition) is 1.